The van der Waals surface area contributed by atoms with E-state index in [2.05, 4.69) is 5.32 Å². The van der Waals surface area contributed by atoms with Crippen LogP contribution in [-0.4, -0.2) is 42.2 Å². The van der Waals surface area contributed by atoms with Crippen molar-refractivity contribution >= 4 is 5.91 Å². The van der Waals surface area contributed by atoms with Gasteiger partial charge in [0.15, 0.2) is 0 Å². The summed E-state index contributed by atoms with van der Waals surface area (Å²) in [5, 5.41) is 3.08. The minimum absolute atomic E-state index is 0.0906. The second-order valence-electron chi connectivity index (χ2n) is 5.36. The molecule has 0 spiro atoms. The molecule has 0 aromatic heterocycles. The maximum absolute atomic E-state index is 12.3. The summed E-state index contributed by atoms with van der Waals surface area (Å²) in [7, 11) is 0. The van der Waals surface area contributed by atoms with Crippen molar-refractivity contribution in [3.63, 3.8) is 0 Å². The molecule has 0 fully saturated rings. The van der Waals surface area contributed by atoms with Crippen LogP contribution in [0.15, 0.2) is 0 Å². The summed E-state index contributed by atoms with van der Waals surface area (Å²) in [6, 6.07) is 0. The summed E-state index contributed by atoms with van der Waals surface area (Å²) in [6.45, 7) is 6.96. The molecule has 0 aliphatic heterocycles. The van der Waals surface area contributed by atoms with E-state index in [4.69, 9.17) is 0 Å². The molecule has 1 amide bonds. The molecular weight excluding hydrogens is 245 g/mol. The topological polar surface area (TPSA) is 32.3 Å². The molecule has 0 atom stereocenters. The smallest absolute Gasteiger partial charge is 0.334 e. The highest BCUT2D eigenvalue weighted by Crippen LogP contribution is 2.17. The molecule has 0 aliphatic carbocycles. The average molecular weight is 268 g/mol. The zero-order valence-corrected chi connectivity index (χ0v) is 11.5. The number of hydrogen-bond acceptors (Lipinski definition) is 2. The first-order valence-electron chi connectivity index (χ1n) is 6.14. The Hall–Kier alpha value is -0.780. The molecule has 1 N–H and O–H groups in total. The second kappa shape index (κ2) is 6.97. The minimum atomic E-state index is -4.33. The summed E-state index contributed by atoms with van der Waals surface area (Å²) in [5.41, 5.74) is -0.139. The molecule has 0 aromatic rings. The van der Waals surface area contributed by atoms with Gasteiger partial charge in [0.05, 0.1) is 0 Å². The molecule has 0 saturated carbocycles. The van der Waals surface area contributed by atoms with Crippen LogP contribution in [0, 0.1) is 0 Å². The number of alkyl halides is 3. The zero-order valence-electron chi connectivity index (χ0n) is 11.5. The molecule has 6 heteroatoms. The number of amides is 1. The van der Waals surface area contributed by atoms with Gasteiger partial charge in [0.2, 0.25) is 5.91 Å². The lowest BCUT2D eigenvalue weighted by molar-refractivity contribution is -0.161. The Morgan fingerprint density at radius 3 is 2.17 bits per heavy atom. The maximum Gasteiger partial charge on any atom is 0.406 e. The number of carbonyl (C=O) groups excluding carboxylic acids is 1. The Kier molecular flexibility index (Phi) is 6.67. The zero-order chi connectivity index (χ0) is 14.4. The van der Waals surface area contributed by atoms with E-state index in [9.17, 15) is 18.0 Å². The molecule has 108 valence electrons. The summed E-state index contributed by atoms with van der Waals surface area (Å²) in [6.07, 6.45) is -3.72. The van der Waals surface area contributed by atoms with E-state index in [1.807, 2.05) is 20.8 Å². The fourth-order valence-electron chi connectivity index (χ4n) is 1.48. The molecule has 0 aliphatic rings. The first-order chi connectivity index (χ1) is 8.05. The Bertz CT molecular complexity index is 259. The maximum atomic E-state index is 12.3. The van der Waals surface area contributed by atoms with E-state index in [1.165, 1.54) is 0 Å². The van der Waals surface area contributed by atoms with Gasteiger partial charge in [-0.25, -0.2) is 0 Å². The number of halogens is 3. The number of nitrogens with zero attached hydrogens (tertiary/aromatic N) is 1. The van der Waals surface area contributed by atoms with E-state index >= 15 is 0 Å². The van der Waals surface area contributed by atoms with Crippen molar-refractivity contribution in [2.24, 2.45) is 0 Å². The van der Waals surface area contributed by atoms with Crippen molar-refractivity contribution in [1.82, 2.24) is 10.2 Å². The monoisotopic (exact) mass is 268 g/mol. The first kappa shape index (κ1) is 17.2. The third-order valence-corrected chi connectivity index (χ3v) is 2.21. The van der Waals surface area contributed by atoms with Crippen LogP contribution < -0.4 is 5.32 Å². The Morgan fingerprint density at radius 1 is 1.22 bits per heavy atom. The lowest BCUT2D eigenvalue weighted by Crippen LogP contribution is -2.42. The summed E-state index contributed by atoms with van der Waals surface area (Å²) in [5.74, 6) is -0.453. The first-order valence-corrected chi connectivity index (χ1v) is 6.14. The van der Waals surface area contributed by atoms with Gasteiger partial charge in [-0.2, -0.15) is 13.2 Å². The van der Waals surface area contributed by atoms with Gasteiger partial charge in [0, 0.05) is 25.0 Å². The normalized spacial score (nSPS) is 12.6. The van der Waals surface area contributed by atoms with E-state index < -0.39 is 18.6 Å². The summed E-state index contributed by atoms with van der Waals surface area (Å²) >= 11 is 0. The summed E-state index contributed by atoms with van der Waals surface area (Å²) in [4.78, 5) is 12.6. The van der Waals surface area contributed by atoms with E-state index in [1.54, 1.807) is 6.92 Å². The van der Waals surface area contributed by atoms with Crippen molar-refractivity contribution in [3.05, 3.63) is 0 Å². The van der Waals surface area contributed by atoms with Crippen LogP contribution in [0.2, 0.25) is 0 Å². The van der Waals surface area contributed by atoms with Gasteiger partial charge in [0.1, 0.15) is 6.54 Å². The molecule has 0 saturated heterocycles. The fraction of sp³-hybridized carbons (Fsp3) is 0.917. The van der Waals surface area contributed by atoms with Crippen LogP contribution in [0.25, 0.3) is 0 Å². The number of carbonyl (C=O) groups is 1. The second-order valence-corrected chi connectivity index (χ2v) is 5.36. The lowest BCUT2D eigenvalue weighted by Gasteiger charge is -2.25. The van der Waals surface area contributed by atoms with Crippen LogP contribution in [-0.2, 0) is 4.79 Å². The van der Waals surface area contributed by atoms with Gasteiger partial charge in [-0.3, -0.25) is 4.79 Å². The third-order valence-electron chi connectivity index (χ3n) is 2.21. The number of rotatable bonds is 6. The molecule has 0 heterocycles. The van der Waals surface area contributed by atoms with Crippen molar-refractivity contribution in [2.75, 3.05) is 19.6 Å². The highest BCUT2D eigenvalue weighted by molar-refractivity contribution is 5.76. The third kappa shape index (κ3) is 9.27. The van der Waals surface area contributed by atoms with Gasteiger partial charge in [-0.15, -0.1) is 0 Å². The van der Waals surface area contributed by atoms with Crippen LogP contribution in [0.4, 0.5) is 13.2 Å². The minimum Gasteiger partial charge on any atom is -0.334 e. The largest absolute Gasteiger partial charge is 0.406 e. The molecule has 0 aromatic carbocycles. The predicted octanol–water partition coefficient (Wildman–Crippen LogP) is 2.57. The lowest BCUT2D eigenvalue weighted by atomic mass is 10.1. The molecule has 0 bridgehead atoms. The fourth-order valence-corrected chi connectivity index (χ4v) is 1.48. The summed E-state index contributed by atoms with van der Waals surface area (Å²) < 4.78 is 36.9. The SMILES string of the molecule is CCCN(CC(F)(F)F)C(=O)CCNC(C)(C)C. The van der Waals surface area contributed by atoms with E-state index in [0.717, 1.165) is 4.90 Å². The molecule has 18 heavy (non-hydrogen) atoms. The van der Waals surface area contributed by atoms with Crippen molar-refractivity contribution < 1.29 is 18.0 Å². The van der Waals surface area contributed by atoms with Gasteiger partial charge < -0.3 is 10.2 Å². The van der Waals surface area contributed by atoms with Gasteiger partial charge in [-0.1, -0.05) is 6.92 Å². The average Bonchev–Trinajstić information content (AvgIpc) is 2.12. The Morgan fingerprint density at radius 2 is 1.78 bits per heavy atom. The molecule has 0 rings (SSSR count). The van der Waals surface area contributed by atoms with Crippen LogP contribution >= 0.6 is 0 Å². The van der Waals surface area contributed by atoms with E-state index in [0.29, 0.717) is 13.0 Å². The highest BCUT2D eigenvalue weighted by atomic mass is 19.4. The number of nitrogens with one attached hydrogen (secondary N) is 1. The molecule has 0 radical (unpaired) electrons. The van der Waals surface area contributed by atoms with Gasteiger partial charge in [-0.05, 0) is 27.2 Å². The van der Waals surface area contributed by atoms with Crippen molar-refractivity contribution in [3.8, 4) is 0 Å². The Balaban J connectivity index is 4.23. The molecule has 3 nitrogen and oxygen atoms in total. The van der Waals surface area contributed by atoms with Crippen molar-refractivity contribution in [1.29, 1.82) is 0 Å². The van der Waals surface area contributed by atoms with Crippen LogP contribution in [0.5, 0.6) is 0 Å². The van der Waals surface area contributed by atoms with Gasteiger partial charge in [0.25, 0.3) is 0 Å². The Labute approximate surface area is 107 Å². The standard InChI is InChI=1S/C12H23F3N2O/c1-5-8-17(9-12(13,14)15)10(18)6-7-16-11(2,3)4/h16H,5-9H2,1-4H3. The molecule has 0 unspecified atom stereocenters. The van der Waals surface area contributed by atoms with Gasteiger partial charge >= 0.3 is 6.18 Å². The molecular formula is C12H23F3N2O. The quantitative estimate of drug-likeness (QED) is 0.803. The predicted molar refractivity (Wildman–Crippen MR) is 65.3 cm³/mol. The highest BCUT2D eigenvalue weighted by Gasteiger charge is 2.32. The van der Waals surface area contributed by atoms with E-state index in [-0.39, 0.29) is 18.5 Å². The van der Waals surface area contributed by atoms with Crippen LogP contribution in [0.3, 0.4) is 0 Å². The number of hydrogen-bond donors (Lipinski definition) is 1. The van der Waals surface area contributed by atoms with Crippen LogP contribution in [0.1, 0.15) is 40.5 Å². The van der Waals surface area contributed by atoms with Crippen molar-refractivity contribution in [2.45, 2.75) is 52.3 Å².